The number of hydrogen-bond acceptors (Lipinski definition) is 3. The molecule has 0 bridgehead atoms. The van der Waals surface area contributed by atoms with Crippen LogP contribution in [0, 0.1) is 58.2 Å². The van der Waals surface area contributed by atoms with Gasteiger partial charge in [0.25, 0.3) is 0 Å². The molecule has 12 atom stereocenters. The number of halogens is 1. The van der Waals surface area contributed by atoms with Crippen LogP contribution in [0.4, 0.5) is 4.39 Å². The van der Waals surface area contributed by atoms with E-state index in [1.54, 1.807) is 0 Å². The first kappa shape index (κ1) is 25.6. The topological polar surface area (TPSA) is 57.5 Å². The van der Waals surface area contributed by atoms with Gasteiger partial charge in [0.1, 0.15) is 12.0 Å². The van der Waals surface area contributed by atoms with Crippen molar-refractivity contribution in [3.8, 4) is 0 Å². The van der Waals surface area contributed by atoms with Gasteiger partial charge in [0.15, 0.2) is 0 Å². The van der Waals surface area contributed by atoms with E-state index in [1.165, 1.54) is 0 Å². The first-order valence-electron chi connectivity index (χ1n) is 14.0. The zero-order chi connectivity index (χ0) is 24.3. The highest BCUT2D eigenvalue weighted by Gasteiger charge is 2.63. The summed E-state index contributed by atoms with van der Waals surface area (Å²) in [7, 11) is 0. The molecule has 0 aromatic rings. The second kappa shape index (κ2) is 9.19. The van der Waals surface area contributed by atoms with Crippen LogP contribution in [-0.2, 0) is 4.79 Å². The summed E-state index contributed by atoms with van der Waals surface area (Å²) in [5.74, 6) is 2.56. The van der Waals surface area contributed by atoms with Crippen LogP contribution < -0.4 is 0 Å². The highest BCUT2D eigenvalue weighted by Crippen LogP contribution is 2.68. The van der Waals surface area contributed by atoms with Crippen molar-refractivity contribution in [2.45, 2.75) is 118 Å². The van der Waals surface area contributed by atoms with E-state index in [-0.39, 0.29) is 28.6 Å². The number of Topliss-reactive ketones (excluding diaryl/α,β-unsaturated/α-hetero) is 1. The zero-order valence-electron chi connectivity index (χ0n) is 21.9. The molecule has 0 aliphatic heterocycles. The first-order chi connectivity index (χ1) is 15.5. The lowest BCUT2D eigenvalue weighted by Crippen LogP contribution is -2.57. The van der Waals surface area contributed by atoms with Crippen LogP contribution >= 0.6 is 0 Å². The predicted molar refractivity (Wildman–Crippen MR) is 130 cm³/mol. The summed E-state index contributed by atoms with van der Waals surface area (Å²) in [5, 5.41) is 22.3. The fourth-order valence-electron chi connectivity index (χ4n) is 9.81. The SMILES string of the molecule is CC[C@@H](C(C)C)[C@H](O)[C@@H](O)[C@@H](C)[C@H]1CC[C@H]2[C@@H]3CC(=O)C4C[C@@H](F)CC[C@]4(C)[C@H]3CC[C@]12C. The van der Waals surface area contributed by atoms with Crippen LogP contribution in [0.25, 0.3) is 0 Å². The number of hydrogen-bond donors (Lipinski definition) is 2. The normalized spacial score (nSPS) is 46.8. The monoisotopic (exact) mass is 464 g/mol. The summed E-state index contributed by atoms with van der Waals surface area (Å²) in [6.45, 7) is 13.2. The Labute approximate surface area is 201 Å². The molecule has 4 aliphatic rings. The lowest BCUT2D eigenvalue weighted by atomic mass is 9.44. The molecule has 4 rings (SSSR count). The quantitative estimate of drug-likeness (QED) is 0.492. The van der Waals surface area contributed by atoms with Crippen LogP contribution in [0.2, 0.25) is 0 Å². The van der Waals surface area contributed by atoms with Crippen molar-refractivity contribution in [2.24, 2.45) is 58.2 Å². The summed E-state index contributed by atoms with van der Waals surface area (Å²) in [4.78, 5) is 13.3. The van der Waals surface area contributed by atoms with E-state index in [1.807, 2.05) is 0 Å². The molecule has 0 radical (unpaired) electrons. The van der Waals surface area contributed by atoms with Crippen LogP contribution in [0.3, 0.4) is 0 Å². The minimum atomic E-state index is -0.806. The number of alkyl halides is 1. The van der Waals surface area contributed by atoms with Gasteiger partial charge in [0, 0.05) is 12.3 Å². The van der Waals surface area contributed by atoms with Gasteiger partial charge in [-0.05, 0) is 97.2 Å². The maximum Gasteiger partial charge on any atom is 0.136 e. The Morgan fingerprint density at radius 2 is 1.61 bits per heavy atom. The lowest BCUT2D eigenvalue weighted by Gasteiger charge is -2.60. The minimum Gasteiger partial charge on any atom is -0.390 e. The Hall–Kier alpha value is -0.480. The number of carbonyl (C=O) groups is 1. The molecule has 2 N–H and O–H groups in total. The van der Waals surface area contributed by atoms with Crippen LogP contribution in [-0.4, -0.2) is 34.4 Å². The highest BCUT2D eigenvalue weighted by molar-refractivity contribution is 5.83. The second-order valence-electron chi connectivity index (χ2n) is 13.4. The van der Waals surface area contributed by atoms with E-state index in [2.05, 4.69) is 41.5 Å². The van der Waals surface area contributed by atoms with Crippen molar-refractivity contribution >= 4 is 5.78 Å². The van der Waals surface area contributed by atoms with Gasteiger partial charge in [0.05, 0.1) is 12.2 Å². The van der Waals surface area contributed by atoms with Crippen molar-refractivity contribution in [3.63, 3.8) is 0 Å². The van der Waals surface area contributed by atoms with Gasteiger partial charge in [0.2, 0.25) is 0 Å². The maximum absolute atomic E-state index is 14.2. The summed E-state index contributed by atoms with van der Waals surface area (Å²) in [6.07, 6.45) is 5.68. The molecule has 33 heavy (non-hydrogen) atoms. The maximum atomic E-state index is 14.2. The van der Waals surface area contributed by atoms with Gasteiger partial charge in [-0.2, -0.15) is 0 Å². The smallest absolute Gasteiger partial charge is 0.136 e. The largest absolute Gasteiger partial charge is 0.390 e. The Balaban J connectivity index is 1.54. The van der Waals surface area contributed by atoms with Gasteiger partial charge in [-0.15, -0.1) is 0 Å². The molecular weight excluding hydrogens is 415 g/mol. The van der Waals surface area contributed by atoms with E-state index in [0.29, 0.717) is 54.6 Å². The molecule has 0 heterocycles. The van der Waals surface area contributed by atoms with E-state index in [4.69, 9.17) is 0 Å². The molecule has 0 amide bonds. The average molecular weight is 465 g/mol. The van der Waals surface area contributed by atoms with E-state index in [0.717, 1.165) is 38.5 Å². The van der Waals surface area contributed by atoms with Crippen molar-refractivity contribution in [2.75, 3.05) is 0 Å². The molecule has 1 unspecified atom stereocenters. The zero-order valence-corrected chi connectivity index (χ0v) is 21.9. The van der Waals surface area contributed by atoms with Gasteiger partial charge in [-0.3, -0.25) is 4.79 Å². The Kier molecular flexibility index (Phi) is 7.13. The Morgan fingerprint density at radius 3 is 2.24 bits per heavy atom. The number of aliphatic hydroxyl groups is 2. The standard InChI is InChI=1S/C29H49FO3/c1-7-19(16(2)3)27(33)26(32)17(4)21-8-9-22-20-15-25(31)24-14-18(30)10-12-29(24,6)23(20)11-13-28(21,22)5/h16-24,26-27,32-33H,7-15H2,1-6H3/t17-,18-,19-,20-,21+,22-,23-,24?,26-,27-,28+,29+/m0/s1. The first-order valence-corrected chi connectivity index (χ1v) is 14.0. The minimum absolute atomic E-state index is 0.0328. The second-order valence-corrected chi connectivity index (χ2v) is 13.4. The van der Waals surface area contributed by atoms with Crippen molar-refractivity contribution < 1.29 is 19.4 Å². The van der Waals surface area contributed by atoms with Gasteiger partial charge < -0.3 is 10.2 Å². The molecule has 4 heteroatoms. The van der Waals surface area contributed by atoms with Crippen LogP contribution in [0.1, 0.15) is 99.3 Å². The summed E-state index contributed by atoms with van der Waals surface area (Å²) >= 11 is 0. The average Bonchev–Trinajstić information content (AvgIpc) is 3.11. The highest BCUT2D eigenvalue weighted by atomic mass is 19.1. The molecule has 0 saturated heterocycles. The number of fused-ring (bicyclic) bond motifs is 5. The number of carbonyl (C=O) groups excluding carboxylic acids is 1. The Bertz CT molecular complexity index is 724. The molecule has 190 valence electrons. The third-order valence-electron chi connectivity index (χ3n) is 11.8. The number of ketones is 1. The van der Waals surface area contributed by atoms with Crippen LogP contribution in [0.15, 0.2) is 0 Å². The number of rotatable bonds is 6. The summed E-state index contributed by atoms with van der Waals surface area (Å²) in [5.41, 5.74) is 0.0799. The molecule has 0 spiro atoms. The Morgan fingerprint density at radius 1 is 0.970 bits per heavy atom. The van der Waals surface area contributed by atoms with Crippen molar-refractivity contribution in [3.05, 3.63) is 0 Å². The van der Waals surface area contributed by atoms with Crippen molar-refractivity contribution in [1.82, 2.24) is 0 Å². The van der Waals surface area contributed by atoms with Gasteiger partial charge in [-0.1, -0.05) is 48.0 Å². The van der Waals surface area contributed by atoms with E-state index in [9.17, 15) is 19.4 Å². The van der Waals surface area contributed by atoms with Crippen molar-refractivity contribution in [1.29, 1.82) is 0 Å². The molecule has 3 nitrogen and oxygen atoms in total. The van der Waals surface area contributed by atoms with Gasteiger partial charge >= 0.3 is 0 Å². The molecule has 0 aromatic heterocycles. The lowest BCUT2D eigenvalue weighted by molar-refractivity contribution is -0.159. The van der Waals surface area contributed by atoms with E-state index < -0.39 is 18.4 Å². The predicted octanol–water partition coefficient (Wildman–Crippen LogP) is 6.20. The molecular formula is C29H49FO3. The van der Waals surface area contributed by atoms with Crippen LogP contribution in [0.5, 0.6) is 0 Å². The fourth-order valence-corrected chi connectivity index (χ4v) is 9.81. The molecule has 4 saturated carbocycles. The fraction of sp³-hybridized carbons (Fsp3) is 0.966. The van der Waals surface area contributed by atoms with E-state index >= 15 is 0 Å². The third kappa shape index (κ3) is 4.03. The molecule has 4 fully saturated rings. The molecule has 0 aromatic carbocycles. The summed E-state index contributed by atoms with van der Waals surface area (Å²) in [6, 6.07) is 0. The third-order valence-corrected chi connectivity index (χ3v) is 11.8. The molecule has 4 aliphatic carbocycles. The number of aliphatic hydroxyl groups excluding tert-OH is 2. The van der Waals surface area contributed by atoms with Gasteiger partial charge in [-0.25, -0.2) is 4.39 Å². The summed E-state index contributed by atoms with van der Waals surface area (Å²) < 4.78 is 14.2.